The van der Waals surface area contributed by atoms with Crippen LogP contribution in [0.2, 0.25) is 0 Å². The summed E-state index contributed by atoms with van der Waals surface area (Å²) < 4.78 is 0. The van der Waals surface area contributed by atoms with E-state index in [-0.39, 0.29) is 5.91 Å². The Balaban J connectivity index is 3.40. The second-order valence-corrected chi connectivity index (χ2v) is 4.89. The summed E-state index contributed by atoms with van der Waals surface area (Å²) >= 11 is 0. The molecule has 0 aliphatic heterocycles. The molecule has 1 aromatic carbocycles. The number of amidine groups is 1. The average Bonchev–Trinajstić information content (AvgIpc) is 2.52. The summed E-state index contributed by atoms with van der Waals surface area (Å²) in [6, 6.07) is 5.27. The van der Waals surface area contributed by atoms with Crippen molar-refractivity contribution >= 4 is 23.0 Å². The van der Waals surface area contributed by atoms with Crippen LogP contribution < -0.4 is 16.5 Å². The fourth-order valence-corrected chi connectivity index (χ4v) is 2.04. The molecule has 0 heterocycles. The maximum atomic E-state index is 11.1. The summed E-state index contributed by atoms with van der Waals surface area (Å²) in [6.45, 7) is 6.94. The number of nitrogens with two attached hydrogens (primary N) is 1. The van der Waals surface area contributed by atoms with Crippen LogP contribution in [0.3, 0.4) is 0 Å². The molecule has 0 aliphatic carbocycles. The lowest BCUT2D eigenvalue weighted by atomic mass is 10.00. The minimum absolute atomic E-state index is 0.148. The molecule has 6 heteroatoms. The first-order valence-corrected chi connectivity index (χ1v) is 6.98. The van der Waals surface area contributed by atoms with Crippen molar-refractivity contribution in [3.8, 4) is 0 Å². The molecule has 23 heavy (non-hydrogen) atoms. The molecule has 1 amide bonds. The maximum Gasteiger partial charge on any atom is 0.220 e. The van der Waals surface area contributed by atoms with Crippen molar-refractivity contribution in [2.75, 3.05) is 12.5 Å². The van der Waals surface area contributed by atoms with Gasteiger partial charge in [0.1, 0.15) is 5.84 Å². The van der Waals surface area contributed by atoms with Gasteiger partial charge in [-0.05, 0) is 42.3 Å². The van der Waals surface area contributed by atoms with Crippen molar-refractivity contribution in [3.05, 3.63) is 59.8 Å². The number of allylic oxidation sites excluding steroid dienone is 5. The molecule has 0 bridgehead atoms. The fourth-order valence-electron chi connectivity index (χ4n) is 2.04. The molecule has 6 nitrogen and oxygen atoms in total. The molecule has 5 N–H and O–H groups in total. The van der Waals surface area contributed by atoms with Gasteiger partial charge < -0.3 is 11.1 Å². The van der Waals surface area contributed by atoms with Gasteiger partial charge >= 0.3 is 0 Å². The monoisotopic (exact) mass is 314 g/mol. The van der Waals surface area contributed by atoms with Crippen LogP contribution in [-0.4, -0.2) is 24.0 Å². The van der Waals surface area contributed by atoms with E-state index in [1.165, 1.54) is 6.92 Å². The van der Waals surface area contributed by atoms with Crippen LogP contribution in [0.5, 0.6) is 0 Å². The zero-order valence-corrected chi connectivity index (χ0v) is 13.6. The number of hydrogen-bond acceptors (Lipinski definition) is 4. The first-order chi connectivity index (χ1) is 10.9. The third kappa shape index (κ3) is 5.44. The number of carbonyl (C=O) groups excluding carboxylic acids is 1. The van der Waals surface area contributed by atoms with Gasteiger partial charge in [-0.25, -0.2) is 0 Å². The van der Waals surface area contributed by atoms with E-state index in [0.717, 1.165) is 11.1 Å². The molecule has 0 aliphatic rings. The van der Waals surface area contributed by atoms with Crippen LogP contribution in [0, 0.1) is 0 Å². The molecule has 0 radical (unpaired) electrons. The van der Waals surface area contributed by atoms with Crippen molar-refractivity contribution in [2.24, 2.45) is 10.7 Å². The summed E-state index contributed by atoms with van der Waals surface area (Å²) in [6.07, 6.45) is 5.25. The molecule has 0 saturated heterocycles. The van der Waals surface area contributed by atoms with E-state index < -0.39 is 0 Å². The first kappa shape index (κ1) is 18.2. The van der Waals surface area contributed by atoms with Gasteiger partial charge in [0.05, 0.1) is 5.69 Å². The van der Waals surface area contributed by atoms with Crippen LogP contribution in [-0.2, 0) is 4.79 Å². The molecular weight excluding hydrogens is 292 g/mol. The number of nitrogens with one attached hydrogen (secondary N) is 2. The number of aliphatic imine (C=N–C) groups is 1. The van der Waals surface area contributed by atoms with Crippen LogP contribution in [0.25, 0.3) is 5.57 Å². The van der Waals surface area contributed by atoms with Gasteiger partial charge in [-0.3, -0.25) is 20.5 Å². The molecule has 0 aromatic heterocycles. The molecule has 122 valence electrons. The van der Waals surface area contributed by atoms with Crippen molar-refractivity contribution in [1.29, 1.82) is 0 Å². The lowest BCUT2D eigenvalue weighted by molar-refractivity contribution is -0.118. The van der Waals surface area contributed by atoms with E-state index in [1.807, 2.05) is 12.1 Å². The van der Waals surface area contributed by atoms with Crippen molar-refractivity contribution in [3.63, 3.8) is 0 Å². The summed E-state index contributed by atoms with van der Waals surface area (Å²) in [5.74, 6) is 0.203. The average molecular weight is 314 g/mol. The Bertz CT molecular complexity index is 688. The van der Waals surface area contributed by atoms with E-state index in [2.05, 4.69) is 22.4 Å². The summed E-state index contributed by atoms with van der Waals surface area (Å²) in [5.41, 5.74) is 11.4. The Hall–Kier alpha value is -2.86. The van der Waals surface area contributed by atoms with Gasteiger partial charge in [0, 0.05) is 25.2 Å². The predicted molar refractivity (Wildman–Crippen MR) is 94.2 cm³/mol. The first-order valence-electron chi connectivity index (χ1n) is 6.98. The second kappa shape index (κ2) is 8.55. The Labute approximate surface area is 136 Å². The molecule has 0 spiro atoms. The highest BCUT2D eigenvalue weighted by Crippen LogP contribution is 2.23. The highest BCUT2D eigenvalue weighted by atomic mass is 16.5. The molecular formula is C17H22N4O2. The van der Waals surface area contributed by atoms with Gasteiger partial charge in [0.25, 0.3) is 0 Å². The van der Waals surface area contributed by atoms with Gasteiger partial charge in [-0.15, -0.1) is 0 Å². The second-order valence-electron chi connectivity index (χ2n) is 4.89. The molecule has 0 saturated carbocycles. The molecule has 0 atom stereocenters. The zero-order chi connectivity index (χ0) is 17.4. The molecule has 0 fully saturated rings. The van der Waals surface area contributed by atoms with E-state index in [4.69, 9.17) is 5.73 Å². The quantitative estimate of drug-likeness (QED) is 0.280. The SMILES string of the molecule is C=C/C=C(\C=C(/C)NC(C)=O)c1cc(NO)cc(C(N)=NC)c1. The number of nitrogens with zero attached hydrogens (tertiary/aromatic N) is 1. The lowest BCUT2D eigenvalue weighted by Crippen LogP contribution is -2.17. The predicted octanol–water partition coefficient (Wildman–Crippen LogP) is 2.43. The lowest BCUT2D eigenvalue weighted by Gasteiger charge is -2.11. The van der Waals surface area contributed by atoms with Gasteiger partial charge in [0.2, 0.25) is 5.91 Å². The van der Waals surface area contributed by atoms with E-state index in [0.29, 0.717) is 22.8 Å². The van der Waals surface area contributed by atoms with Gasteiger partial charge in [-0.2, -0.15) is 0 Å². The summed E-state index contributed by atoms with van der Waals surface area (Å²) in [5, 5.41) is 11.9. The van der Waals surface area contributed by atoms with Crippen molar-refractivity contribution in [2.45, 2.75) is 13.8 Å². The van der Waals surface area contributed by atoms with Gasteiger partial charge in [0.15, 0.2) is 0 Å². The summed E-state index contributed by atoms with van der Waals surface area (Å²) in [4.78, 5) is 15.1. The smallest absolute Gasteiger partial charge is 0.220 e. The van der Waals surface area contributed by atoms with Crippen LogP contribution >= 0.6 is 0 Å². The Morgan fingerprint density at radius 2 is 1.96 bits per heavy atom. The Morgan fingerprint density at radius 3 is 2.48 bits per heavy atom. The fraction of sp³-hybridized carbons (Fsp3) is 0.176. The zero-order valence-electron chi connectivity index (χ0n) is 13.6. The third-order valence-electron chi connectivity index (χ3n) is 2.97. The highest BCUT2D eigenvalue weighted by molar-refractivity contribution is 5.99. The van der Waals surface area contributed by atoms with Crippen LogP contribution in [0.1, 0.15) is 25.0 Å². The number of benzene rings is 1. The minimum Gasteiger partial charge on any atom is -0.384 e. The largest absolute Gasteiger partial charge is 0.384 e. The van der Waals surface area contributed by atoms with Gasteiger partial charge in [-0.1, -0.05) is 18.7 Å². The maximum absolute atomic E-state index is 11.1. The minimum atomic E-state index is -0.148. The number of hydrogen-bond donors (Lipinski definition) is 4. The molecule has 1 rings (SSSR count). The number of amides is 1. The van der Waals surface area contributed by atoms with E-state index in [1.54, 1.807) is 38.3 Å². The number of rotatable bonds is 6. The Kier molecular flexibility index (Phi) is 6.76. The topological polar surface area (TPSA) is 99.7 Å². The highest BCUT2D eigenvalue weighted by Gasteiger charge is 2.07. The number of carbonyl (C=O) groups is 1. The standard InChI is InChI=1S/C17H22N4O2/c1-5-6-13(7-11(2)20-12(3)22)14-8-15(17(18)19-4)10-16(9-14)21-23/h5-10,21,23H,1H2,2-4H3,(H2,18,19)(H,20,22)/b11-7+,13-6+. The summed E-state index contributed by atoms with van der Waals surface area (Å²) in [7, 11) is 1.59. The normalized spacial score (nSPS) is 12.8. The molecule has 1 aromatic rings. The van der Waals surface area contributed by atoms with Crippen LogP contribution in [0.4, 0.5) is 5.69 Å². The molecule has 0 unspecified atom stereocenters. The van der Waals surface area contributed by atoms with E-state index in [9.17, 15) is 10.0 Å². The third-order valence-corrected chi connectivity index (χ3v) is 2.97. The van der Waals surface area contributed by atoms with Crippen molar-refractivity contribution < 1.29 is 10.0 Å². The van der Waals surface area contributed by atoms with Crippen LogP contribution in [0.15, 0.2) is 53.7 Å². The number of anilines is 1. The van der Waals surface area contributed by atoms with E-state index >= 15 is 0 Å². The van der Waals surface area contributed by atoms with Crippen molar-refractivity contribution in [1.82, 2.24) is 5.32 Å². The Morgan fingerprint density at radius 1 is 1.30 bits per heavy atom.